The van der Waals surface area contributed by atoms with Crippen molar-refractivity contribution in [3.8, 4) is 11.5 Å². The number of ether oxygens (including phenoxy) is 2. The molecule has 0 heterocycles. The minimum Gasteiger partial charge on any atom is -0.493 e. The lowest BCUT2D eigenvalue weighted by atomic mass is 10.1. The Bertz CT molecular complexity index is 754. The summed E-state index contributed by atoms with van der Waals surface area (Å²) in [5.41, 5.74) is 3.57. The van der Waals surface area contributed by atoms with Crippen LogP contribution in [0.5, 0.6) is 11.5 Å². The van der Waals surface area contributed by atoms with Gasteiger partial charge in [0.15, 0.2) is 17.5 Å². The van der Waals surface area contributed by atoms with Crippen molar-refractivity contribution in [1.82, 2.24) is 10.6 Å². The first-order chi connectivity index (χ1) is 12.1. The summed E-state index contributed by atoms with van der Waals surface area (Å²) in [6, 6.07) is 12.3. The predicted octanol–water partition coefficient (Wildman–Crippen LogP) is 4.26. The van der Waals surface area contributed by atoms with E-state index in [2.05, 4.69) is 50.6 Å². The van der Waals surface area contributed by atoms with Crippen LogP contribution in [0.3, 0.4) is 0 Å². The molecule has 0 saturated heterocycles. The molecule has 0 aromatic heterocycles. The van der Waals surface area contributed by atoms with Gasteiger partial charge < -0.3 is 20.1 Å². The van der Waals surface area contributed by atoms with Crippen molar-refractivity contribution in [2.24, 2.45) is 4.99 Å². The second-order valence-corrected chi connectivity index (χ2v) is 6.37. The highest BCUT2D eigenvalue weighted by Gasteiger charge is 2.11. The first-order valence-electron chi connectivity index (χ1n) is 7.98. The highest BCUT2D eigenvalue weighted by atomic mass is 127. The summed E-state index contributed by atoms with van der Waals surface area (Å²) in [5, 5.41) is 6.65. The zero-order valence-corrected chi connectivity index (χ0v) is 19.3. The van der Waals surface area contributed by atoms with Crippen molar-refractivity contribution in [2.75, 3.05) is 21.3 Å². The molecule has 142 valence electrons. The van der Waals surface area contributed by atoms with E-state index in [1.165, 1.54) is 11.1 Å². The van der Waals surface area contributed by atoms with Gasteiger partial charge in [-0.1, -0.05) is 24.3 Å². The minimum atomic E-state index is 0. The SMILES string of the molecule is CN=C(NCc1cc(Br)c(OC)c(OC)c1)NCc1ccccc1C.I. The number of guanidine groups is 1. The van der Waals surface area contributed by atoms with Crippen molar-refractivity contribution < 1.29 is 9.47 Å². The second kappa shape index (κ2) is 11.3. The Balaban J connectivity index is 0.00000338. The lowest BCUT2D eigenvalue weighted by Gasteiger charge is -2.15. The maximum atomic E-state index is 5.38. The molecule has 0 unspecified atom stereocenters. The fraction of sp³-hybridized carbons (Fsp3) is 0.316. The Morgan fingerprint density at radius 2 is 1.77 bits per heavy atom. The van der Waals surface area contributed by atoms with E-state index in [1.54, 1.807) is 21.3 Å². The van der Waals surface area contributed by atoms with Gasteiger partial charge in [0.05, 0.1) is 18.7 Å². The molecular weight excluding hydrogens is 509 g/mol. The van der Waals surface area contributed by atoms with E-state index in [-0.39, 0.29) is 24.0 Å². The number of halogens is 2. The number of hydrogen-bond acceptors (Lipinski definition) is 3. The standard InChI is InChI=1S/C19H24BrN3O2.HI/c1-13-7-5-6-8-15(13)12-23-19(21-2)22-11-14-9-16(20)18(25-4)17(10-14)24-3;/h5-10H,11-12H2,1-4H3,(H2,21,22,23);1H. The van der Waals surface area contributed by atoms with Crippen LogP contribution in [0.1, 0.15) is 16.7 Å². The number of aryl methyl sites for hydroxylation is 1. The van der Waals surface area contributed by atoms with Gasteiger partial charge in [0, 0.05) is 20.1 Å². The van der Waals surface area contributed by atoms with Gasteiger partial charge in [-0.25, -0.2) is 0 Å². The van der Waals surface area contributed by atoms with E-state index in [9.17, 15) is 0 Å². The summed E-state index contributed by atoms with van der Waals surface area (Å²) >= 11 is 3.51. The molecule has 0 bridgehead atoms. The van der Waals surface area contributed by atoms with Crippen LogP contribution in [-0.4, -0.2) is 27.2 Å². The molecule has 0 amide bonds. The van der Waals surface area contributed by atoms with Crippen molar-refractivity contribution >= 4 is 45.9 Å². The van der Waals surface area contributed by atoms with Crippen molar-refractivity contribution in [3.63, 3.8) is 0 Å². The second-order valence-electron chi connectivity index (χ2n) is 5.52. The number of rotatable bonds is 6. The molecule has 0 atom stereocenters. The normalized spacial score (nSPS) is 10.7. The molecule has 0 aliphatic heterocycles. The molecule has 7 heteroatoms. The summed E-state index contributed by atoms with van der Waals surface area (Å²) in [6.45, 7) is 3.45. The molecule has 0 radical (unpaired) electrons. The van der Waals surface area contributed by atoms with Crippen molar-refractivity contribution in [1.29, 1.82) is 0 Å². The lowest BCUT2D eigenvalue weighted by Crippen LogP contribution is -2.36. The molecule has 0 fully saturated rings. The van der Waals surface area contributed by atoms with Crippen LogP contribution in [0.15, 0.2) is 45.9 Å². The van der Waals surface area contributed by atoms with E-state index in [1.807, 2.05) is 24.3 Å². The Kier molecular flexibility index (Phi) is 9.79. The molecule has 0 aliphatic carbocycles. The molecule has 2 aromatic rings. The lowest BCUT2D eigenvalue weighted by molar-refractivity contribution is 0.352. The summed E-state index contributed by atoms with van der Waals surface area (Å²) in [5.74, 6) is 2.12. The van der Waals surface area contributed by atoms with Gasteiger partial charge in [-0.05, 0) is 51.7 Å². The summed E-state index contributed by atoms with van der Waals surface area (Å²) < 4.78 is 11.6. The zero-order valence-electron chi connectivity index (χ0n) is 15.4. The molecule has 2 N–H and O–H groups in total. The van der Waals surface area contributed by atoms with Crippen LogP contribution in [0.4, 0.5) is 0 Å². The monoisotopic (exact) mass is 533 g/mol. The van der Waals surface area contributed by atoms with Gasteiger partial charge >= 0.3 is 0 Å². The number of benzene rings is 2. The Morgan fingerprint density at radius 1 is 1.08 bits per heavy atom. The van der Waals surface area contributed by atoms with Gasteiger partial charge in [-0.15, -0.1) is 24.0 Å². The smallest absolute Gasteiger partial charge is 0.191 e. The maximum absolute atomic E-state index is 5.38. The topological polar surface area (TPSA) is 54.9 Å². The third kappa shape index (κ3) is 6.05. The molecule has 2 aromatic carbocycles. The van der Waals surface area contributed by atoms with Gasteiger partial charge in [0.25, 0.3) is 0 Å². The summed E-state index contributed by atoms with van der Waals surface area (Å²) in [7, 11) is 5.01. The van der Waals surface area contributed by atoms with E-state index < -0.39 is 0 Å². The fourth-order valence-corrected chi connectivity index (χ4v) is 3.12. The number of methoxy groups -OCH3 is 2. The van der Waals surface area contributed by atoms with E-state index in [0.717, 1.165) is 22.5 Å². The van der Waals surface area contributed by atoms with Crippen LogP contribution >= 0.6 is 39.9 Å². The molecule has 0 aliphatic rings. The van der Waals surface area contributed by atoms with Gasteiger partial charge in [0.2, 0.25) is 0 Å². The van der Waals surface area contributed by atoms with Crippen LogP contribution in [0.25, 0.3) is 0 Å². The van der Waals surface area contributed by atoms with Gasteiger partial charge in [0.1, 0.15) is 0 Å². The molecule has 2 rings (SSSR count). The average molecular weight is 534 g/mol. The predicted molar refractivity (Wildman–Crippen MR) is 121 cm³/mol. The number of hydrogen-bond donors (Lipinski definition) is 2. The minimum absolute atomic E-state index is 0. The summed E-state index contributed by atoms with van der Waals surface area (Å²) in [4.78, 5) is 4.27. The van der Waals surface area contributed by atoms with Crippen LogP contribution in [-0.2, 0) is 13.1 Å². The largest absolute Gasteiger partial charge is 0.493 e. The molecule has 0 spiro atoms. The van der Waals surface area contributed by atoms with Crippen LogP contribution in [0.2, 0.25) is 0 Å². The van der Waals surface area contributed by atoms with Crippen molar-refractivity contribution in [2.45, 2.75) is 20.0 Å². The maximum Gasteiger partial charge on any atom is 0.191 e. The van der Waals surface area contributed by atoms with E-state index in [4.69, 9.17) is 9.47 Å². The van der Waals surface area contributed by atoms with Gasteiger partial charge in [-0.3, -0.25) is 4.99 Å². The van der Waals surface area contributed by atoms with E-state index in [0.29, 0.717) is 18.0 Å². The first-order valence-corrected chi connectivity index (χ1v) is 8.77. The molecule has 0 saturated carbocycles. The van der Waals surface area contributed by atoms with Crippen LogP contribution in [0, 0.1) is 6.92 Å². The zero-order chi connectivity index (χ0) is 18.2. The molecule has 5 nitrogen and oxygen atoms in total. The quantitative estimate of drug-likeness (QED) is 0.331. The fourth-order valence-electron chi connectivity index (χ4n) is 2.47. The number of nitrogens with one attached hydrogen (secondary N) is 2. The molecule has 26 heavy (non-hydrogen) atoms. The highest BCUT2D eigenvalue weighted by molar-refractivity contribution is 14.0. The van der Waals surface area contributed by atoms with Crippen LogP contribution < -0.4 is 20.1 Å². The first kappa shape index (κ1) is 22.6. The van der Waals surface area contributed by atoms with E-state index >= 15 is 0 Å². The number of nitrogens with zero attached hydrogens (tertiary/aromatic N) is 1. The third-order valence-corrected chi connectivity index (χ3v) is 4.47. The van der Waals surface area contributed by atoms with Gasteiger partial charge in [-0.2, -0.15) is 0 Å². The highest BCUT2D eigenvalue weighted by Crippen LogP contribution is 2.36. The Hall–Kier alpha value is -1.48. The Labute approximate surface area is 180 Å². The average Bonchev–Trinajstić information content (AvgIpc) is 2.62. The summed E-state index contributed by atoms with van der Waals surface area (Å²) in [6.07, 6.45) is 0. The number of aliphatic imine (C=N–C) groups is 1. The van der Waals surface area contributed by atoms with Crippen molar-refractivity contribution in [3.05, 3.63) is 57.6 Å². The Morgan fingerprint density at radius 3 is 2.38 bits per heavy atom. The third-order valence-electron chi connectivity index (χ3n) is 3.88. The molecular formula is C19H25BrIN3O2.